The Morgan fingerprint density at radius 1 is 0.383 bits per heavy atom. The minimum Gasteiger partial charge on any atom is -0.390 e. The molecule has 28 atom stereocenters. The van der Waals surface area contributed by atoms with Crippen molar-refractivity contribution in [2.45, 2.75) is 181 Å². The van der Waals surface area contributed by atoms with Gasteiger partial charge in [-0.2, -0.15) is 19.9 Å². The van der Waals surface area contributed by atoms with E-state index >= 15 is 0 Å². The van der Waals surface area contributed by atoms with Gasteiger partial charge in [0.2, 0.25) is 5.95 Å². The van der Waals surface area contributed by atoms with Gasteiger partial charge in [-0.05, 0) is 25.1 Å². The fourth-order valence-electron chi connectivity index (χ4n) is 16.2. The number of aryl methyl sites for hydroxylation is 1. The van der Waals surface area contributed by atoms with E-state index in [1.54, 1.807) is 0 Å². The van der Waals surface area contributed by atoms with Crippen molar-refractivity contribution in [1.29, 1.82) is 0 Å². The summed E-state index contributed by atoms with van der Waals surface area (Å²) in [5.74, 6) is -1.11. The number of rotatable bonds is 40. The Bertz CT molecular complexity index is 7080. The normalized spacial score (nSPS) is 29.7. The number of fused-ring (bicyclic) bond motifs is 3. The number of H-pyrrole nitrogens is 2. The SMILES string of the molecule is Cc1cn([C@@H]2C[C@@H](OP(=O)(O)OC[C@@H]3O[C@H](n4cnc5c(N)ncnc54)C[C@H]3OP(=O)(O)OC[C@@H]3O[C@H](n4ccc(N)nc4=O)C[C@H]3OP(=O)(O)OC[C@@H]3O[C@H](n4cnc5c(N)ncnc54)C[C@H]3O)[C@H](COP(=O)(O)O[C@@H]3C[C@@H](n4cnc5c(=O)[nH]c(N)nc54)O[C@H]3COP(=O)(O)O[C@@H]3C[C@@H](n4ccc(N)nc4=O)O[C@H]3COP(=O)(O)O[C@@H]3C[C@@H](n4ccc(N)nc4=O)O[C@H]3CO[P+](=O)O)O2)c(=O)[nH]c1=O. The molecule has 7 saturated heterocycles. The zero-order valence-electron chi connectivity index (χ0n) is 72.1. The minimum atomic E-state index is -5.75. The first kappa shape index (κ1) is 102. The summed E-state index contributed by atoms with van der Waals surface area (Å²) in [6.07, 6.45) is -26.2. The Balaban J connectivity index is 0.578. The smallest absolute Gasteiger partial charge is 0.390 e. The first-order valence-electron chi connectivity index (χ1n) is 41.7. The summed E-state index contributed by atoms with van der Waals surface area (Å²) in [4.78, 5) is 205. The van der Waals surface area contributed by atoms with Crippen LogP contribution in [0.15, 0.2) is 103 Å². The van der Waals surface area contributed by atoms with Crippen LogP contribution in [0.4, 0.5) is 35.0 Å². The topological polar surface area (TPSA) is 932 Å². The van der Waals surface area contributed by atoms with Crippen molar-refractivity contribution >= 4 is 124 Å². The number of nitrogens with one attached hydrogen (secondary N) is 2. The Hall–Kier alpha value is -10.1. The molecule has 141 heavy (non-hydrogen) atoms. The first-order valence-corrected chi connectivity index (χ1v) is 51.8. The number of ether oxygens (including phenoxy) is 7. The third kappa shape index (κ3) is 23.8. The highest BCUT2D eigenvalue weighted by Gasteiger charge is 2.53. The number of phosphoric ester groups is 6. The summed E-state index contributed by atoms with van der Waals surface area (Å²) in [5.41, 5.74) is 29.2. The highest BCUT2D eigenvalue weighted by Crippen LogP contribution is 2.58. The van der Waals surface area contributed by atoms with E-state index in [1.165, 1.54) is 65.6 Å². The average molecular weight is 2130 g/mol. The largest absolute Gasteiger partial charge is 0.694 e. The number of nitrogens with two attached hydrogens (primary N) is 6. The van der Waals surface area contributed by atoms with E-state index in [9.17, 15) is 100 Å². The van der Waals surface area contributed by atoms with Crippen LogP contribution in [0.5, 0.6) is 0 Å². The minimum absolute atomic E-state index is 0.0254. The number of hydrogen-bond acceptors (Lipinski definition) is 51. The van der Waals surface area contributed by atoms with Crippen LogP contribution in [0.1, 0.15) is 94.1 Å². The van der Waals surface area contributed by atoms with Gasteiger partial charge in [-0.1, -0.05) is 0 Å². The molecule has 10 aromatic heterocycles. The van der Waals surface area contributed by atoms with Gasteiger partial charge in [-0.3, -0.25) is 106 Å². The zero-order valence-corrected chi connectivity index (χ0v) is 78.4. The molecule has 67 nitrogen and oxygen atoms in total. The molecule has 10 aromatic rings. The third-order valence-corrected chi connectivity index (χ3v) is 29.2. The fraction of sp³-hybridized carbons (Fsp3) is 0.537. The number of aliphatic hydroxyl groups is 1. The summed E-state index contributed by atoms with van der Waals surface area (Å²) in [6, 6.07) is 3.62. The maximum Gasteiger partial charge on any atom is 0.694 e. The number of anilines is 6. The van der Waals surface area contributed by atoms with Gasteiger partial charge < -0.3 is 102 Å². The number of aliphatic hydroxyl groups excluding tert-OH is 1. The number of imidazole rings is 3. The standard InChI is InChI=1S/C67H85N26O41P7/c1-28-15-90(67(100)86-61(28)95)50-12-33(132-139(109,110)120-21-41-34(13-51(127-41)92-26-79-54-57(72)75-24-77-59(54)92)133-140(111,112)118-19-38-31(10-48(124-38)88-6-3-44(69)82-65(88)98)130-136(103,104)116-17-36-29(94)8-46(122-36)91-25-78-53-56(71)74-23-76-58(53)91)40(126-50)20-119-141(113,114)134-35-14-52(93-27-80-55-60(93)84-63(73)85-62(55)96)128-42(35)22-121-138(107,108)131-32-11-49(89-7-4-45(70)83-66(89)99)125-39(32)18-117-137(105,106)129-30-9-47(123-37(30)16-115-135(101)102)87-5-2-43(68)81-64(87)97/h2-7,15,23-27,29-42,46-52,94H,8-14,16-22H2,1H3,(H20-,68,69,70,71,72,73,74,75,76,77,81,82,83,84,85,86,95,96,97,98,99,100,101,102,103,104,105,106,107,108,109,110,111,112,113,114)/p+1/t29-,30-,31-,32-,33-,34-,35-,36+,37+,38+,39+,40+,41+,42+,46+,47+,48+,49+,50+,51+,52+/m1/s1. The maximum atomic E-state index is 14.6. The van der Waals surface area contributed by atoms with E-state index in [2.05, 4.69) is 64.8 Å². The summed E-state index contributed by atoms with van der Waals surface area (Å²) >= 11 is 0. The average Bonchev–Trinajstić information content (AvgIpc) is 1.62. The molecule has 0 aromatic carbocycles. The van der Waals surface area contributed by atoms with Crippen LogP contribution in [-0.4, -0.2) is 268 Å². The number of nitrogens with zero attached hydrogens (tertiary/aromatic N) is 18. The van der Waals surface area contributed by atoms with E-state index in [1.807, 2.05) is 0 Å². The van der Waals surface area contributed by atoms with Crippen molar-refractivity contribution < 1.29 is 163 Å². The first-order chi connectivity index (χ1) is 66.7. The molecule has 0 amide bonds. The molecule has 17 rings (SSSR count). The second-order valence-corrected chi connectivity index (χ2v) is 41.3. The summed E-state index contributed by atoms with van der Waals surface area (Å²) < 4.78 is 218. The highest BCUT2D eigenvalue weighted by atomic mass is 31.2. The zero-order chi connectivity index (χ0) is 100. The van der Waals surface area contributed by atoms with Crippen molar-refractivity contribution in [3.63, 3.8) is 0 Å². The lowest BCUT2D eigenvalue weighted by Crippen LogP contribution is -2.33. The van der Waals surface area contributed by atoms with Gasteiger partial charge >= 0.3 is 78.0 Å². The van der Waals surface area contributed by atoms with E-state index in [0.717, 1.165) is 47.9 Å². The number of aromatic amines is 2. The van der Waals surface area contributed by atoms with Crippen molar-refractivity contribution in [2.75, 3.05) is 80.7 Å². The molecule has 764 valence electrons. The molecule has 0 saturated carbocycles. The molecule has 0 radical (unpaired) electrons. The summed E-state index contributed by atoms with van der Waals surface area (Å²) in [7, 11) is -36.8. The molecule has 74 heteroatoms. The predicted molar refractivity (Wildman–Crippen MR) is 462 cm³/mol. The van der Waals surface area contributed by atoms with Crippen LogP contribution in [0.25, 0.3) is 33.5 Å². The van der Waals surface area contributed by atoms with E-state index in [-0.39, 0.29) is 74.6 Å². The van der Waals surface area contributed by atoms with Gasteiger partial charge in [0.1, 0.15) is 171 Å². The molecule has 17 heterocycles. The van der Waals surface area contributed by atoms with E-state index in [0.29, 0.717) is 0 Å². The fourth-order valence-corrected chi connectivity index (χ4v) is 22.3. The molecule has 0 aliphatic carbocycles. The van der Waals surface area contributed by atoms with Gasteiger partial charge in [0.25, 0.3) is 11.1 Å². The van der Waals surface area contributed by atoms with Crippen LogP contribution in [0.3, 0.4) is 0 Å². The van der Waals surface area contributed by atoms with E-state index < -0.39 is 309 Å². The van der Waals surface area contributed by atoms with Crippen LogP contribution in [0.2, 0.25) is 0 Å². The summed E-state index contributed by atoms with van der Waals surface area (Å²) in [5, 5.41) is 11.0. The molecule has 7 unspecified atom stereocenters. The lowest BCUT2D eigenvalue weighted by molar-refractivity contribution is -0.0652. The molecule has 7 aliphatic rings. The Morgan fingerprint density at radius 3 is 1.02 bits per heavy atom. The Kier molecular flexibility index (Phi) is 29.9. The Labute approximate surface area is 785 Å². The highest BCUT2D eigenvalue weighted by molar-refractivity contribution is 7.48. The van der Waals surface area contributed by atoms with Crippen LogP contribution in [-0.2, 0) is 124 Å². The maximum absolute atomic E-state index is 14.6. The number of hydrogen-bond donors (Lipinski definition) is 16. The van der Waals surface area contributed by atoms with Crippen LogP contribution >= 0.6 is 55.2 Å². The third-order valence-electron chi connectivity index (χ3n) is 22.8. The Morgan fingerprint density at radius 2 is 0.681 bits per heavy atom. The molecule has 7 aliphatic heterocycles. The number of phosphoric acid groups is 6. The monoisotopic (exact) mass is 2130 g/mol. The van der Waals surface area contributed by atoms with Gasteiger partial charge in [0.15, 0.2) is 34.1 Å². The van der Waals surface area contributed by atoms with Crippen molar-refractivity contribution in [2.24, 2.45) is 0 Å². The molecule has 22 N–H and O–H groups in total. The van der Waals surface area contributed by atoms with Gasteiger partial charge in [0, 0.05) is 79.9 Å². The van der Waals surface area contributed by atoms with Crippen molar-refractivity contribution in [3.05, 3.63) is 143 Å². The second kappa shape index (κ2) is 41.2. The predicted octanol–water partition coefficient (Wildman–Crippen LogP) is -2.03. The number of nitrogen functional groups attached to an aromatic ring is 6. The lowest BCUT2D eigenvalue weighted by Gasteiger charge is -2.26. The van der Waals surface area contributed by atoms with Gasteiger partial charge in [-0.15, -0.1) is 9.42 Å². The summed E-state index contributed by atoms with van der Waals surface area (Å²) in [6.45, 7) is -5.93. The van der Waals surface area contributed by atoms with Crippen LogP contribution < -0.4 is 68.3 Å². The van der Waals surface area contributed by atoms with Crippen molar-refractivity contribution in [1.82, 2.24) is 96.8 Å². The molecule has 7 fully saturated rings. The molecular formula is C67H86N26O41P7+. The second-order valence-electron chi connectivity index (χ2n) is 32.2. The van der Waals surface area contributed by atoms with Crippen molar-refractivity contribution in [3.8, 4) is 0 Å². The number of aromatic nitrogens is 20. The molecule has 0 spiro atoms. The van der Waals surface area contributed by atoms with Gasteiger partial charge in [0.05, 0.1) is 64.7 Å². The van der Waals surface area contributed by atoms with E-state index in [4.69, 9.17) is 126 Å². The molecule has 0 bridgehead atoms. The molecular weight excluding hydrogens is 2040 g/mol. The lowest BCUT2D eigenvalue weighted by atomic mass is 10.2. The van der Waals surface area contributed by atoms with Crippen LogP contribution in [0, 0.1) is 6.92 Å². The quantitative estimate of drug-likeness (QED) is 0.0184. The van der Waals surface area contributed by atoms with Gasteiger partial charge in [-0.25, -0.2) is 81.5 Å².